The summed E-state index contributed by atoms with van der Waals surface area (Å²) in [4.78, 5) is 13.5. The lowest BCUT2D eigenvalue weighted by Gasteiger charge is -2.37. The summed E-state index contributed by atoms with van der Waals surface area (Å²) in [6.45, 7) is 6.50. The zero-order valence-corrected chi connectivity index (χ0v) is 18.1. The monoisotopic (exact) mass is 428 g/mol. The number of nitrogens with zero attached hydrogens (tertiary/aromatic N) is 1. The van der Waals surface area contributed by atoms with Crippen molar-refractivity contribution >= 4 is 29.0 Å². The Morgan fingerprint density at radius 2 is 1.86 bits per heavy atom. The number of rotatable bonds is 4. The highest BCUT2D eigenvalue weighted by Crippen LogP contribution is 2.39. The third-order valence-electron chi connectivity index (χ3n) is 5.83. The minimum absolute atomic E-state index is 0.0318. The van der Waals surface area contributed by atoms with Crippen LogP contribution in [0, 0.1) is 13.8 Å². The number of ketones is 1. The summed E-state index contributed by atoms with van der Waals surface area (Å²) < 4.78 is 5.38. The van der Waals surface area contributed by atoms with Gasteiger partial charge >= 0.3 is 0 Å². The standard InChI is InChI=1S/C23H22Cl2N2O2/c1-13-22(14(2)29-27-13)16-6-4-7-18-15(16)10-11-26-23(18,3)21(28)12-17-19(24)8-5-9-20(17)25/h4-9,26H,10-12H2,1-3H3. The normalized spacial score (nSPS) is 18.5. The van der Waals surface area contributed by atoms with E-state index < -0.39 is 5.54 Å². The van der Waals surface area contributed by atoms with Crippen LogP contribution in [0.25, 0.3) is 11.1 Å². The molecule has 1 unspecified atom stereocenters. The number of hydrogen-bond acceptors (Lipinski definition) is 4. The van der Waals surface area contributed by atoms with Crippen LogP contribution in [0.5, 0.6) is 0 Å². The number of nitrogens with one attached hydrogen (secondary N) is 1. The highest BCUT2D eigenvalue weighted by Gasteiger charge is 2.39. The summed E-state index contributed by atoms with van der Waals surface area (Å²) in [7, 11) is 0. The van der Waals surface area contributed by atoms with Gasteiger partial charge in [-0.3, -0.25) is 4.79 Å². The summed E-state index contributed by atoms with van der Waals surface area (Å²) in [6, 6.07) is 11.4. The van der Waals surface area contributed by atoms with Gasteiger partial charge in [0.15, 0.2) is 5.78 Å². The van der Waals surface area contributed by atoms with E-state index in [1.165, 1.54) is 0 Å². The van der Waals surface area contributed by atoms with E-state index in [9.17, 15) is 4.79 Å². The molecule has 150 valence electrons. The van der Waals surface area contributed by atoms with E-state index in [-0.39, 0.29) is 12.2 Å². The summed E-state index contributed by atoms with van der Waals surface area (Å²) in [5.41, 5.74) is 4.91. The maximum absolute atomic E-state index is 13.5. The maximum Gasteiger partial charge on any atom is 0.161 e. The average molecular weight is 429 g/mol. The Kier molecular flexibility index (Phi) is 5.28. The Bertz CT molecular complexity index is 1070. The van der Waals surface area contributed by atoms with Crippen LogP contribution in [-0.4, -0.2) is 17.5 Å². The van der Waals surface area contributed by atoms with E-state index in [0.29, 0.717) is 22.2 Å². The van der Waals surface area contributed by atoms with Crippen LogP contribution in [0.3, 0.4) is 0 Å². The first kappa shape index (κ1) is 20.1. The lowest BCUT2D eigenvalue weighted by molar-refractivity contribution is -0.124. The highest BCUT2D eigenvalue weighted by atomic mass is 35.5. The smallest absolute Gasteiger partial charge is 0.161 e. The molecule has 4 nitrogen and oxygen atoms in total. The number of halogens is 2. The molecule has 0 bridgehead atoms. The van der Waals surface area contributed by atoms with Crippen molar-refractivity contribution in [2.45, 2.75) is 39.2 Å². The second kappa shape index (κ2) is 7.60. The number of aryl methyl sites for hydroxylation is 2. The van der Waals surface area contributed by atoms with Gasteiger partial charge in [0, 0.05) is 28.6 Å². The van der Waals surface area contributed by atoms with Crippen LogP contribution in [0.2, 0.25) is 10.0 Å². The molecule has 0 radical (unpaired) electrons. The van der Waals surface area contributed by atoms with Crippen LogP contribution in [0.1, 0.15) is 35.1 Å². The lowest BCUT2D eigenvalue weighted by Crippen LogP contribution is -2.51. The van der Waals surface area contributed by atoms with Crippen LogP contribution in [-0.2, 0) is 23.2 Å². The van der Waals surface area contributed by atoms with Gasteiger partial charge in [0.05, 0.1) is 5.69 Å². The molecule has 1 aromatic heterocycles. The number of carbonyl (C=O) groups is 1. The van der Waals surface area contributed by atoms with Crippen molar-refractivity contribution in [2.75, 3.05) is 6.54 Å². The van der Waals surface area contributed by atoms with E-state index >= 15 is 0 Å². The number of aromatic nitrogens is 1. The Labute approximate surface area is 180 Å². The van der Waals surface area contributed by atoms with E-state index in [0.717, 1.165) is 40.1 Å². The second-order valence-electron chi connectivity index (χ2n) is 7.63. The number of carbonyl (C=O) groups excluding carboxylic acids is 1. The highest BCUT2D eigenvalue weighted by molar-refractivity contribution is 6.36. The molecule has 0 saturated heterocycles. The van der Waals surface area contributed by atoms with Crippen molar-refractivity contribution in [1.82, 2.24) is 10.5 Å². The number of benzene rings is 2. The third-order valence-corrected chi connectivity index (χ3v) is 6.54. The Hall–Kier alpha value is -2.14. The van der Waals surface area contributed by atoms with Gasteiger partial charge in [0.1, 0.15) is 11.3 Å². The molecule has 0 fully saturated rings. The topological polar surface area (TPSA) is 55.1 Å². The molecule has 2 aromatic carbocycles. The Morgan fingerprint density at radius 3 is 2.52 bits per heavy atom. The van der Waals surface area contributed by atoms with Crippen LogP contribution in [0.15, 0.2) is 40.9 Å². The molecule has 3 aromatic rings. The van der Waals surface area contributed by atoms with Gasteiger partial charge in [0.2, 0.25) is 0 Å². The van der Waals surface area contributed by atoms with E-state index in [4.69, 9.17) is 27.7 Å². The van der Waals surface area contributed by atoms with Crippen molar-refractivity contribution in [3.63, 3.8) is 0 Å². The number of Topliss-reactive ketones (excluding diaryl/α,β-unsaturated/α-hetero) is 1. The quantitative estimate of drug-likeness (QED) is 0.600. The van der Waals surface area contributed by atoms with Gasteiger partial charge in [-0.25, -0.2) is 0 Å². The Morgan fingerprint density at radius 1 is 1.17 bits per heavy atom. The fraction of sp³-hybridized carbons (Fsp3) is 0.304. The molecule has 0 amide bonds. The largest absolute Gasteiger partial charge is 0.361 e. The second-order valence-corrected chi connectivity index (χ2v) is 8.45. The van der Waals surface area contributed by atoms with Crippen molar-refractivity contribution < 1.29 is 9.32 Å². The number of hydrogen-bond donors (Lipinski definition) is 1. The molecular formula is C23H22Cl2N2O2. The minimum atomic E-state index is -0.828. The predicted octanol–water partition coefficient (Wildman–Crippen LogP) is 5.44. The first-order valence-corrected chi connectivity index (χ1v) is 10.4. The molecule has 2 heterocycles. The summed E-state index contributed by atoms with van der Waals surface area (Å²) in [6.07, 6.45) is 0.988. The van der Waals surface area contributed by atoms with Crippen molar-refractivity contribution in [2.24, 2.45) is 0 Å². The SMILES string of the molecule is Cc1noc(C)c1-c1cccc2c1CCNC2(C)C(=O)Cc1c(Cl)cccc1Cl. The molecular weight excluding hydrogens is 407 g/mol. The molecule has 1 atom stereocenters. The molecule has 29 heavy (non-hydrogen) atoms. The predicted molar refractivity (Wildman–Crippen MR) is 116 cm³/mol. The minimum Gasteiger partial charge on any atom is -0.361 e. The van der Waals surface area contributed by atoms with Crippen molar-refractivity contribution in [3.05, 3.63) is 74.6 Å². The molecule has 1 aliphatic heterocycles. The fourth-order valence-corrected chi connectivity index (χ4v) is 4.78. The van der Waals surface area contributed by atoms with Crippen LogP contribution in [0.4, 0.5) is 0 Å². The first-order valence-electron chi connectivity index (χ1n) is 9.59. The number of fused-ring (bicyclic) bond motifs is 1. The molecule has 1 N–H and O–H groups in total. The van der Waals surface area contributed by atoms with Gasteiger partial charge in [-0.15, -0.1) is 0 Å². The van der Waals surface area contributed by atoms with Crippen LogP contribution < -0.4 is 5.32 Å². The van der Waals surface area contributed by atoms with Gasteiger partial charge in [-0.1, -0.05) is 52.6 Å². The lowest BCUT2D eigenvalue weighted by atomic mass is 9.76. The molecule has 6 heteroatoms. The molecule has 4 rings (SSSR count). The zero-order valence-electron chi connectivity index (χ0n) is 16.6. The Balaban J connectivity index is 1.78. The van der Waals surface area contributed by atoms with Crippen molar-refractivity contribution in [1.29, 1.82) is 0 Å². The van der Waals surface area contributed by atoms with Crippen molar-refractivity contribution in [3.8, 4) is 11.1 Å². The molecule has 0 spiro atoms. The summed E-state index contributed by atoms with van der Waals surface area (Å²) in [5.74, 6) is 0.815. The molecule has 1 aliphatic rings. The molecule has 0 aliphatic carbocycles. The maximum atomic E-state index is 13.5. The summed E-state index contributed by atoms with van der Waals surface area (Å²) in [5, 5.41) is 8.56. The molecule has 0 saturated carbocycles. The van der Waals surface area contributed by atoms with E-state index in [1.807, 2.05) is 32.9 Å². The van der Waals surface area contributed by atoms with Gasteiger partial charge in [-0.05, 0) is 61.6 Å². The third kappa shape index (κ3) is 3.39. The zero-order chi connectivity index (χ0) is 20.8. The van der Waals surface area contributed by atoms with Gasteiger partial charge in [0.25, 0.3) is 0 Å². The first-order chi connectivity index (χ1) is 13.8. The van der Waals surface area contributed by atoms with E-state index in [1.54, 1.807) is 18.2 Å². The summed E-state index contributed by atoms with van der Waals surface area (Å²) >= 11 is 12.6. The van der Waals surface area contributed by atoms with E-state index in [2.05, 4.69) is 16.5 Å². The van der Waals surface area contributed by atoms with Crippen LogP contribution >= 0.6 is 23.2 Å². The average Bonchev–Trinajstić information content (AvgIpc) is 3.03. The van der Waals surface area contributed by atoms with Gasteiger partial charge in [-0.2, -0.15) is 0 Å². The fourth-order valence-electron chi connectivity index (χ4n) is 4.25. The van der Waals surface area contributed by atoms with Gasteiger partial charge < -0.3 is 9.84 Å².